The highest BCUT2D eigenvalue weighted by Crippen LogP contribution is 2.34. The lowest BCUT2D eigenvalue weighted by Crippen LogP contribution is -2.36. The molecule has 0 aromatic carbocycles. The maximum absolute atomic E-state index is 12.4. The number of carbonyl (C=O) groups excluding carboxylic acids is 1. The summed E-state index contributed by atoms with van der Waals surface area (Å²) in [6.45, 7) is 6.32. The Morgan fingerprint density at radius 3 is 2.91 bits per heavy atom. The number of carbonyl (C=O) groups is 1. The fourth-order valence-electron chi connectivity index (χ4n) is 2.72. The molecule has 6 nitrogen and oxygen atoms in total. The van der Waals surface area contributed by atoms with Gasteiger partial charge in [-0.2, -0.15) is 0 Å². The summed E-state index contributed by atoms with van der Waals surface area (Å²) in [5.74, 6) is 0. The molecule has 1 atom stereocenters. The minimum Gasteiger partial charge on any atom is -0.444 e. The molecule has 0 saturated carbocycles. The Morgan fingerprint density at radius 1 is 1.41 bits per heavy atom. The van der Waals surface area contributed by atoms with Crippen LogP contribution in [-0.4, -0.2) is 38.0 Å². The third-order valence-electron chi connectivity index (χ3n) is 3.60. The molecular formula is C15H19BrN4O2. The van der Waals surface area contributed by atoms with Crippen molar-refractivity contribution < 1.29 is 9.53 Å². The fraction of sp³-hybridized carbons (Fsp3) is 0.533. The van der Waals surface area contributed by atoms with Crippen molar-refractivity contribution in [1.29, 1.82) is 0 Å². The molecule has 22 heavy (non-hydrogen) atoms. The molecule has 2 aromatic rings. The van der Waals surface area contributed by atoms with Crippen molar-refractivity contribution in [3.63, 3.8) is 0 Å². The van der Waals surface area contributed by atoms with E-state index in [1.165, 1.54) is 0 Å². The number of pyridine rings is 1. The van der Waals surface area contributed by atoms with Gasteiger partial charge in [-0.1, -0.05) is 5.21 Å². The normalized spacial score (nSPS) is 18.9. The average molecular weight is 367 g/mol. The lowest BCUT2D eigenvalue weighted by atomic mass is 10.1. The van der Waals surface area contributed by atoms with Gasteiger partial charge in [0.2, 0.25) is 0 Å². The second-order valence-electron chi connectivity index (χ2n) is 6.48. The predicted molar refractivity (Wildman–Crippen MR) is 85.6 cm³/mol. The highest BCUT2D eigenvalue weighted by molar-refractivity contribution is 9.10. The highest BCUT2D eigenvalue weighted by atomic mass is 79.9. The number of amides is 1. The Hall–Kier alpha value is -1.63. The summed E-state index contributed by atoms with van der Waals surface area (Å²) in [5, 5.41) is 8.44. The average Bonchev–Trinajstić information content (AvgIpc) is 3.00. The zero-order chi connectivity index (χ0) is 15.9. The number of fused-ring (bicyclic) bond motifs is 1. The van der Waals surface area contributed by atoms with Gasteiger partial charge in [0.1, 0.15) is 11.3 Å². The summed E-state index contributed by atoms with van der Waals surface area (Å²) in [5.41, 5.74) is 1.25. The van der Waals surface area contributed by atoms with Gasteiger partial charge in [0.15, 0.2) is 0 Å². The van der Waals surface area contributed by atoms with Crippen LogP contribution in [0.1, 0.15) is 45.3 Å². The van der Waals surface area contributed by atoms with Crippen molar-refractivity contribution >= 4 is 27.5 Å². The summed E-state index contributed by atoms with van der Waals surface area (Å²) in [6, 6.07) is 3.84. The van der Waals surface area contributed by atoms with Crippen molar-refractivity contribution in [1.82, 2.24) is 19.7 Å². The largest absolute Gasteiger partial charge is 0.444 e. The predicted octanol–water partition coefficient (Wildman–Crippen LogP) is 3.56. The van der Waals surface area contributed by atoms with Gasteiger partial charge in [-0.3, -0.25) is 4.90 Å². The minimum absolute atomic E-state index is 0.0754. The van der Waals surface area contributed by atoms with E-state index in [1.807, 2.05) is 39.1 Å². The first-order valence-corrected chi connectivity index (χ1v) is 8.14. The topological polar surface area (TPSA) is 59.7 Å². The van der Waals surface area contributed by atoms with Gasteiger partial charge in [0.05, 0.1) is 11.6 Å². The van der Waals surface area contributed by atoms with E-state index in [-0.39, 0.29) is 12.1 Å². The second-order valence-corrected chi connectivity index (χ2v) is 7.40. The van der Waals surface area contributed by atoms with Gasteiger partial charge >= 0.3 is 6.09 Å². The van der Waals surface area contributed by atoms with Gasteiger partial charge in [-0.15, -0.1) is 5.10 Å². The number of nitrogens with zero attached hydrogens (tertiary/aromatic N) is 4. The van der Waals surface area contributed by atoms with Crippen molar-refractivity contribution in [3.05, 3.63) is 28.5 Å². The molecule has 0 bridgehead atoms. The molecule has 2 aromatic heterocycles. The van der Waals surface area contributed by atoms with E-state index >= 15 is 0 Å². The first-order valence-electron chi connectivity index (χ1n) is 7.35. The number of likely N-dealkylation sites (tertiary alicyclic amines) is 1. The number of hydrogen-bond acceptors (Lipinski definition) is 4. The van der Waals surface area contributed by atoms with Crippen LogP contribution in [0.25, 0.3) is 5.52 Å². The third kappa shape index (κ3) is 2.95. The van der Waals surface area contributed by atoms with Gasteiger partial charge in [0, 0.05) is 17.2 Å². The van der Waals surface area contributed by atoms with Gasteiger partial charge in [-0.05, 0) is 61.7 Å². The summed E-state index contributed by atoms with van der Waals surface area (Å²) in [4.78, 5) is 14.2. The van der Waals surface area contributed by atoms with Gasteiger partial charge < -0.3 is 4.74 Å². The number of ether oxygens (including phenoxy) is 1. The van der Waals surface area contributed by atoms with E-state index in [1.54, 1.807) is 9.42 Å². The quantitative estimate of drug-likeness (QED) is 0.773. The number of halogens is 1. The molecular weight excluding hydrogens is 348 g/mol. The minimum atomic E-state index is -0.496. The lowest BCUT2D eigenvalue weighted by Gasteiger charge is -2.27. The van der Waals surface area contributed by atoms with E-state index in [0.717, 1.165) is 28.5 Å². The van der Waals surface area contributed by atoms with E-state index in [2.05, 4.69) is 26.2 Å². The highest BCUT2D eigenvalue weighted by Gasteiger charge is 2.35. The van der Waals surface area contributed by atoms with E-state index in [9.17, 15) is 4.79 Å². The van der Waals surface area contributed by atoms with Crippen LogP contribution in [0.2, 0.25) is 0 Å². The molecule has 118 valence electrons. The molecule has 3 rings (SSSR count). The maximum Gasteiger partial charge on any atom is 0.410 e. The SMILES string of the molecule is CC(C)(C)OC(=O)N1CCCC1c1nnn2cc(Br)ccc12. The Balaban J connectivity index is 1.90. The molecule has 0 radical (unpaired) electrons. The number of aromatic nitrogens is 3. The summed E-state index contributed by atoms with van der Waals surface area (Å²) in [6.07, 6.45) is 3.40. The molecule has 0 aliphatic carbocycles. The molecule has 1 fully saturated rings. The molecule has 3 heterocycles. The van der Waals surface area contributed by atoms with Crippen LogP contribution in [-0.2, 0) is 4.74 Å². The summed E-state index contributed by atoms with van der Waals surface area (Å²) in [7, 11) is 0. The Labute approximate surface area is 137 Å². The van der Waals surface area contributed by atoms with Crippen molar-refractivity contribution in [2.75, 3.05) is 6.54 Å². The smallest absolute Gasteiger partial charge is 0.410 e. The third-order valence-corrected chi connectivity index (χ3v) is 4.07. The van der Waals surface area contributed by atoms with E-state index in [4.69, 9.17) is 4.74 Å². The molecule has 7 heteroatoms. The first kappa shape index (κ1) is 15.3. The number of hydrogen-bond donors (Lipinski definition) is 0. The van der Waals surface area contributed by atoms with Crippen molar-refractivity contribution in [2.24, 2.45) is 0 Å². The van der Waals surface area contributed by atoms with Crippen LogP contribution in [0.3, 0.4) is 0 Å². The summed E-state index contributed by atoms with van der Waals surface area (Å²) >= 11 is 3.42. The number of rotatable bonds is 1. The zero-order valence-corrected chi connectivity index (χ0v) is 14.5. The van der Waals surface area contributed by atoms with E-state index in [0.29, 0.717) is 6.54 Å². The van der Waals surface area contributed by atoms with Crippen LogP contribution in [0.15, 0.2) is 22.8 Å². The van der Waals surface area contributed by atoms with Crippen LogP contribution in [0.4, 0.5) is 4.79 Å². The Morgan fingerprint density at radius 2 is 2.18 bits per heavy atom. The monoisotopic (exact) mass is 366 g/mol. The first-order chi connectivity index (χ1) is 10.3. The lowest BCUT2D eigenvalue weighted by molar-refractivity contribution is 0.0222. The van der Waals surface area contributed by atoms with E-state index < -0.39 is 5.60 Å². The molecule has 1 amide bonds. The molecule has 1 unspecified atom stereocenters. The Bertz CT molecular complexity index is 707. The van der Waals surface area contributed by atoms with Crippen LogP contribution < -0.4 is 0 Å². The van der Waals surface area contributed by atoms with Gasteiger partial charge in [0.25, 0.3) is 0 Å². The fourth-order valence-corrected chi connectivity index (χ4v) is 3.04. The standard InChI is InChI=1S/C15H19BrN4O2/c1-15(2,3)22-14(21)19-8-4-5-11(19)13-12-7-6-10(16)9-20(12)18-17-13/h6-7,9,11H,4-5,8H2,1-3H3. The van der Waals surface area contributed by atoms with Crippen LogP contribution in [0.5, 0.6) is 0 Å². The molecule has 0 spiro atoms. The summed E-state index contributed by atoms with van der Waals surface area (Å²) < 4.78 is 8.17. The molecule has 1 aliphatic heterocycles. The van der Waals surface area contributed by atoms with Crippen molar-refractivity contribution in [3.8, 4) is 0 Å². The molecule has 0 N–H and O–H groups in total. The molecule has 1 aliphatic rings. The zero-order valence-electron chi connectivity index (χ0n) is 12.9. The maximum atomic E-state index is 12.4. The van der Waals surface area contributed by atoms with Crippen LogP contribution >= 0.6 is 15.9 Å². The molecule has 1 saturated heterocycles. The second kappa shape index (κ2) is 5.53. The Kier molecular flexibility index (Phi) is 3.84. The van der Waals surface area contributed by atoms with Crippen molar-refractivity contribution in [2.45, 2.75) is 45.3 Å². The van der Waals surface area contributed by atoms with Gasteiger partial charge in [-0.25, -0.2) is 9.31 Å². The van der Waals surface area contributed by atoms with Crippen LogP contribution in [0, 0.1) is 0 Å².